The van der Waals surface area contributed by atoms with Crippen molar-refractivity contribution in [2.45, 2.75) is 25.8 Å². The summed E-state index contributed by atoms with van der Waals surface area (Å²) in [7, 11) is 0. The van der Waals surface area contributed by atoms with E-state index in [9.17, 15) is 14.0 Å². The third-order valence-corrected chi connectivity index (χ3v) is 4.41. The van der Waals surface area contributed by atoms with E-state index >= 15 is 0 Å². The maximum Gasteiger partial charge on any atom is 0.321 e. The highest BCUT2D eigenvalue weighted by atomic mass is 32.1. The van der Waals surface area contributed by atoms with Crippen molar-refractivity contribution >= 4 is 28.3 Å². The van der Waals surface area contributed by atoms with Gasteiger partial charge >= 0.3 is 6.03 Å². The Morgan fingerprint density at radius 2 is 2.05 bits per heavy atom. The molecule has 0 unspecified atom stereocenters. The zero-order valence-electron chi connectivity index (χ0n) is 11.7. The van der Waals surface area contributed by atoms with Crippen molar-refractivity contribution in [3.05, 3.63) is 46.2 Å². The largest absolute Gasteiger partial charge is 0.334 e. The Morgan fingerprint density at radius 1 is 1.27 bits per heavy atom. The van der Waals surface area contributed by atoms with Gasteiger partial charge < -0.3 is 5.32 Å². The van der Waals surface area contributed by atoms with Crippen LogP contribution < -0.4 is 10.6 Å². The fraction of sp³-hybridized carbons (Fsp3) is 0.267. The Balaban J connectivity index is 1.58. The molecule has 7 heteroatoms. The standard InChI is InChI=1S/C15H14FN3O2S/c16-10-6-4-9(5-7-10)8-17-14(21)19-15-18-11-2-1-3-12(20)13(11)22-15/h4-7H,1-3,8H2,(H2,17,18,19,21). The number of rotatable bonds is 3. The number of anilines is 1. The lowest BCUT2D eigenvalue weighted by Gasteiger charge is -2.06. The second-order valence-corrected chi connectivity index (χ2v) is 6.00. The summed E-state index contributed by atoms with van der Waals surface area (Å²) in [5.74, 6) is -0.218. The zero-order chi connectivity index (χ0) is 15.5. The first-order chi connectivity index (χ1) is 10.6. The zero-order valence-corrected chi connectivity index (χ0v) is 12.5. The Bertz CT molecular complexity index is 712. The molecule has 2 N–H and O–H groups in total. The molecule has 0 atom stereocenters. The van der Waals surface area contributed by atoms with Crippen LogP contribution in [0.5, 0.6) is 0 Å². The number of amides is 2. The number of carbonyl (C=O) groups is 2. The summed E-state index contributed by atoms with van der Waals surface area (Å²) in [6.45, 7) is 0.288. The van der Waals surface area contributed by atoms with Crippen LogP contribution in [0.25, 0.3) is 0 Å². The maximum absolute atomic E-state index is 12.8. The number of halogens is 1. The van der Waals surface area contributed by atoms with E-state index in [0.717, 1.165) is 24.1 Å². The molecule has 0 spiro atoms. The first-order valence-electron chi connectivity index (χ1n) is 6.94. The van der Waals surface area contributed by atoms with E-state index in [0.29, 0.717) is 16.4 Å². The number of hydrogen-bond acceptors (Lipinski definition) is 4. The lowest BCUT2D eigenvalue weighted by Crippen LogP contribution is -2.28. The van der Waals surface area contributed by atoms with Gasteiger partial charge in [-0.25, -0.2) is 14.2 Å². The fourth-order valence-electron chi connectivity index (χ4n) is 2.25. The summed E-state index contributed by atoms with van der Waals surface area (Å²) in [6.07, 6.45) is 2.13. The number of Topliss-reactive ketones (excluding diaryl/α,β-unsaturated/α-hetero) is 1. The molecule has 0 saturated heterocycles. The molecule has 2 aromatic rings. The molecular weight excluding hydrogens is 305 g/mol. The molecule has 1 heterocycles. The van der Waals surface area contributed by atoms with Crippen LogP contribution in [-0.2, 0) is 13.0 Å². The molecular formula is C15H14FN3O2S. The summed E-state index contributed by atoms with van der Waals surface area (Å²) >= 11 is 1.21. The van der Waals surface area contributed by atoms with E-state index in [2.05, 4.69) is 15.6 Å². The van der Waals surface area contributed by atoms with Crippen molar-refractivity contribution in [1.82, 2.24) is 10.3 Å². The Labute approximate surface area is 130 Å². The molecule has 0 bridgehead atoms. The molecule has 0 saturated carbocycles. The summed E-state index contributed by atoms with van der Waals surface area (Å²) in [6, 6.07) is 5.50. The monoisotopic (exact) mass is 319 g/mol. The number of nitrogens with one attached hydrogen (secondary N) is 2. The lowest BCUT2D eigenvalue weighted by atomic mass is 10.0. The number of fused-ring (bicyclic) bond motifs is 1. The van der Waals surface area contributed by atoms with Crippen molar-refractivity contribution in [3.8, 4) is 0 Å². The van der Waals surface area contributed by atoms with E-state index in [4.69, 9.17) is 0 Å². The average Bonchev–Trinajstić information content (AvgIpc) is 2.90. The summed E-state index contributed by atoms with van der Waals surface area (Å²) in [5, 5.41) is 5.73. The van der Waals surface area contributed by atoms with Gasteiger partial charge in [0.15, 0.2) is 10.9 Å². The van der Waals surface area contributed by atoms with Crippen LogP contribution >= 0.6 is 11.3 Å². The number of aryl methyl sites for hydroxylation is 1. The quantitative estimate of drug-likeness (QED) is 0.913. The average molecular weight is 319 g/mol. The van der Waals surface area contributed by atoms with E-state index in [1.165, 1.54) is 23.5 Å². The van der Waals surface area contributed by atoms with Crippen LogP contribution in [0.2, 0.25) is 0 Å². The second-order valence-electron chi connectivity index (χ2n) is 5.01. The highest BCUT2D eigenvalue weighted by molar-refractivity contribution is 7.17. The Morgan fingerprint density at radius 3 is 2.77 bits per heavy atom. The third kappa shape index (κ3) is 3.30. The molecule has 114 valence electrons. The number of benzene rings is 1. The van der Waals surface area contributed by atoms with Crippen LogP contribution in [0, 0.1) is 5.82 Å². The topological polar surface area (TPSA) is 71.1 Å². The SMILES string of the molecule is O=C(NCc1ccc(F)cc1)Nc1nc2c(s1)C(=O)CCC2. The molecule has 1 aromatic carbocycles. The molecule has 3 rings (SSSR count). The first-order valence-corrected chi connectivity index (χ1v) is 7.75. The van der Waals surface area contributed by atoms with Gasteiger partial charge in [-0.1, -0.05) is 23.5 Å². The lowest BCUT2D eigenvalue weighted by molar-refractivity contribution is 0.0976. The Hall–Kier alpha value is -2.28. The minimum absolute atomic E-state index is 0.0959. The molecule has 2 amide bonds. The van der Waals surface area contributed by atoms with Gasteiger partial charge in [0.2, 0.25) is 0 Å². The molecule has 0 radical (unpaired) electrons. The van der Waals surface area contributed by atoms with Crippen molar-refractivity contribution in [1.29, 1.82) is 0 Å². The minimum Gasteiger partial charge on any atom is -0.334 e. The molecule has 5 nitrogen and oxygen atoms in total. The predicted octanol–water partition coefficient (Wildman–Crippen LogP) is 3.12. The first kappa shape index (κ1) is 14.6. The third-order valence-electron chi connectivity index (χ3n) is 3.35. The summed E-state index contributed by atoms with van der Waals surface area (Å²) < 4.78 is 12.8. The van der Waals surface area contributed by atoms with E-state index < -0.39 is 6.03 Å². The smallest absolute Gasteiger partial charge is 0.321 e. The highest BCUT2D eigenvalue weighted by Gasteiger charge is 2.22. The van der Waals surface area contributed by atoms with E-state index in [1.54, 1.807) is 12.1 Å². The van der Waals surface area contributed by atoms with Crippen molar-refractivity contribution in [2.75, 3.05) is 5.32 Å². The molecule has 1 aromatic heterocycles. The maximum atomic E-state index is 12.8. The van der Waals surface area contributed by atoms with Gasteiger partial charge in [0, 0.05) is 13.0 Å². The molecule has 0 fully saturated rings. The van der Waals surface area contributed by atoms with Crippen molar-refractivity contribution in [3.63, 3.8) is 0 Å². The van der Waals surface area contributed by atoms with Gasteiger partial charge in [0.25, 0.3) is 0 Å². The van der Waals surface area contributed by atoms with Crippen molar-refractivity contribution in [2.24, 2.45) is 0 Å². The number of carbonyl (C=O) groups excluding carboxylic acids is 2. The van der Waals surface area contributed by atoms with Crippen LogP contribution in [0.3, 0.4) is 0 Å². The minimum atomic E-state index is -0.400. The fourth-order valence-corrected chi connectivity index (χ4v) is 3.22. The van der Waals surface area contributed by atoms with Crippen molar-refractivity contribution < 1.29 is 14.0 Å². The molecule has 0 aliphatic heterocycles. The summed E-state index contributed by atoms with van der Waals surface area (Å²) in [5.41, 5.74) is 1.57. The second kappa shape index (κ2) is 6.23. The number of hydrogen-bond donors (Lipinski definition) is 2. The van der Waals surface area contributed by atoms with E-state index in [1.807, 2.05) is 0 Å². The molecule has 1 aliphatic carbocycles. The number of aromatic nitrogens is 1. The van der Waals surface area contributed by atoms with Gasteiger partial charge in [-0.3, -0.25) is 10.1 Å². The van der Waals surface area contributed by atoms with Crippen LogP contribution in [-0.4, -0.2) is 16.8 Å². The van der Waals surface area contributed by atoms with Crippen LogP contribution in [0.15, 0.2) is 24.3 Å². The number of urea groups is 1. The molecule has 22 heavy (non-hydrogen) atoms. The number of nitrogens with zero attached hydrogens (tertiary/aromatic N) is 1. The Kier molecular flexibility index (Phi) is 4.15. The van der Waals surface area contributed by atoms with Gasteiger partial charge in [-0.05, 0) is 30.5 Å². The highest BCUT2D eigenvalue weighted by Crippen LogP contribution is 2.29. The van der Waals surface area contributed by atoms with Gasteiger partial charge in [0.05, 0.1) is 10.6 Å². The number of thiazole rings is 1. The number of ketones is 1. The van der Waals surface area contributed by atoms with Gasteiger partial charge in [-0.2, -0.15) is 0 Å². The normalized spacial score (nSPS) is 13.6. The van der Waals surface area contributed by atoms with Crippen LogP contribution in [0.4, 0.5) is 14.3 Å². The van der Waals surface area contributed by atoms with Gasteiger partial charge in [0.1, 0.15) is 5.82 Å². The van der Waals surface area contributed by atoms with E-state index in [-0.39, 0.29) is 18.1 Å². The van der Waals surface area contributed by atoms with Crippen LogP contribution in [0.1, 0.15) is 33.8 Å². The summed E-state index contributed by atoms with van der Waals surface area (Å²) in [4.78, 5) is 28.5. The molecule has 1 aliphatic rings. The van der Waals surface area contributed by atoms with Gasteiger partial charge in [-0.15, -0.1) is 0 Å². The predicted molar refractivity (Wildman–Crippen MR) is 81.6 cm³/mol.